The lowest BCUT2D eigenvalue weighted by Crippen LogP contribution is -2.44. The Bertz CT molecular complexity index is 709. The van der Waals surface area contributed by atoms with E-state index >= 15 is 0 Å². The number of aromatic hydroxyl groups is 1. The molecule has 0 bridgehead atoms. The predicted octanol–water partition coefficient (Wildman–Crippen LogP) is 3.44. The van der Waals surface area contributed by atoms with E-state index in [0.29, 0.717) is 12.4 Å². The summed E-state index contributed by atoms with van der Waals surface area (Å²) in [7, 11) is 0. The van der Waals surface area contributed by atoms with Crippen LogP contribution in [-0.4, -0.2) is 29.2 Å². The van der Waals surface area contributed by atoms with E-state index in [1.54, 1.807) is 6.07 Å². The van der Waals surface area contributed by atoms with Crippen LogP contribution in [0.5, 0.6) is 11.5 Å². The highest BCUT2D eigenvalue weighted by Crippen LogP contribution is 2.39. The van der Waals surface area contributed by atoms with E-state index in [1.165, 1.54) is 11.1 Å². The van der Waals surface area contributed by atoms with E-state index in [1.807, 2.05) is 18.2 Å². The van der Waals surface area contributed by atoms with Gasteiger partial charge in [-0.25, -0.2) is 0 Å². The number of phenols is 1. The summed E-state index contributed by atoms with van der Waals surface area (Å²) in [6, 6.07) is 16.2. The van der Waals surface area contributed by atoms with Gasteiger partial charge >= 0.3 is 0 Å². The van der Waals surface area contributed by atoms with E-state index in [4.69, 9.17) is 4.74 Å². The van der Waals surface area contributed by atoms with Crippen molar-refractivity contribution in [2.75, 3.05) is 13.2 Å². The van der Waals surface area contributed by atoms with Crippen molar-refractivity contribution in [2.45, 2.75) is 19.0 Å². The maximum atomic E-state index is 9.78. The van der Waals surface area contributed by atoms with Crippen LogP contribution in [0.2, 0.25) is 0 Å². The molecule has 4 rings (SSSR count). The third-order valence-electron chi connectivity index (χ3n) is 4.48. The summed E-state index contributed by atoms with van der Waals surface area (Å²) in [5.41, 5.74) is 3.65. The zero-order valence-corrected chi connectivity index (χ0v) is 12.4. The number of rotatable bonds is 2. The Morgan fingerprint density at radius 2 is 2.00 bits per heavy atom. The van der Waals surface area contributed by atoms with Crippen LogP contribution in [0, 0.1) is 0 Å². The molecule has 1 unspecified atom stereocenters. The van der Waals surface area contributed by atoms with E-state index in [9.17, 15) is 5.11 Å². The Labute approximate surface area is 130 Å². The van der Waals surface area contributed by atoms with E-state index < -0.39 is 0 Å². The second-order valence-corrected chi connectivity index (χ2v) is 5.91. The Balaban J connectivity index is 1.64. The number of fused-ring (bicyclic) bond motifs is 3. The van der Waals surface area contributed by atoms with Gasteiger partial charge in [-0.05, 0) is 35.8 Å². The number of ether oxygens (including phenoxy) is 1. The Morgan fingerprint density at radius 3 is 2.86 bits per heavy atom. The Morgan fingerprint density at radius 1 is 1.14 bits per heavy atom. The van der Waals surface area contributed by atoms with Gasteiger partial charge in [0.2, 0.25) is 0 Å². The summed E-state index contributed by atoms with van der Waals surface area (Å²) < 4.78 is 5.92. The smallest absolute Gasteiger partial charge is 0.127 e. The molecule has 0 fully saturated rings. The molecular weight excluding hydrogens is 274 g/mol. The third-order valence-corrected chi connectivity index (χ3v) is 4.48. The second-order valence-electron chi connectivity index (χ2n) is 5.91. The Kier molecular flexibility index (Phi) is 3.35. The van der Waals surface area contributed by atoms with E-state index in [-0.39, 0.29) is 6.04 Å². The maximum Gasteiger partial charge on any atom is 0.127 e. The highest BCUT2D eigenvalue weighted by molar-refractivity contribution is 5.77. The summed E-state index contributed by atoms with van der Waals surface area (Å²) in [5.74, 6) is 1.17. The molecule has 0 radical (unpaired) electrons. The summed E-state index contributed by atoms with van der Waals surface area (Å²) in [6.07, 6.45) is 3.33. The van der Waals surface area contributed by atoms with Crippen LogP contribution in [0.25, 0.3) is 5.57 Å². The van der Waals surface area contributed by atoms with Crippen LogP contribution >= 0.6 is 0 Å². The summed E-state index contributed by atoms with van der Waals surface area (Å²) in [5, 5.41) is 9.78. The third kappa shape index (κ3) is 2.38. The van der Waals surface area contributed by atoms with Crippen molar-refractivity contribution in [3.8, 4) is 11.5 Å². The van der Waals surface area contributed by atoms with Gasteiger partial charge < -0.3 is 9.84 Å². The molecule has 0 amide bonds. The second kappa shape index (κ2) is 5.50. The SMILES string of the molecule is Oc1ccc2c(c1)C1=CCCN(Cc3ccccc3)C1CO2. The van der Waals surface area contributed by atoms with Gasteiger partial charge in [-0.3, -0.25) is 4.90 Å². The average Bonchev–Trinajstić information content (AvgIpc) is 2.56. The number of hydrogen-bond acceptors (Lipinski definition) is 3. The van der Waals surface area contributed by atoms with Gasteiger partial charge in [-0.2, -0.15) is 0 Å². The monoisotopic (exact) mass is 293 g/mol. The maximum absolute atomic E-state index is 9.78. The van der Waals surface area contributed by atoms with Gasteiger partial charge in [-0.1, -0.05) is 36.4 Å². The molecule has 0 saturated heterocycles. The van der Waals surface area contributed by atoms with Gasteiger partial charge in [0.25, 0.3) is 0 Å². The standard InChI is InChI=1S/C19H19NO2/c21-15-8-9-19-17(11-15)16-7-4-10-20(18(16)13-22-19)12-14-5-2-1-3-6-14/h1-3,5-9,11,18,21H,4,10,12-13H2. The lowest BCUT2D eigenvalue weighted by molar-refractivity contribution is 0.150. The van der Waals surface area contributed by atoms with Crippen LogP contribution in [0.4, 0.5) is 0 Å². The zero-order valence-electron chi connectivity index (χ0n) is 12.4. The van der Waals surface area contributed by atoms with Crippen LogP contribution in [0.1, 0.15) is 17.5 Å². The van der Waals surface area contributed by atoms with Crippen LogP contribution in [-0.2, 0) is 6.54 Å². The molecule has 0 aliphatic carbocycles. The summed E-state index contributed by atoms with van der Waals surface area (Å²) >= 11 is 0. The van der Waals surface area contributed by atoms with Gasteiger partial charge in [0.1, 0.15) is 18.1 Å². The minimum absolute atomic E-state index is 0.267. The summed E-state index contributed by atoms with van der Waals surface area (Å²) in [4.78, 5) is 2.47. The molecule has 0 saturated carbocycles. The predicted molar refractivity (Wildman–Crippen MR) is 86.8 cm³/mol. The highest BCUT2D eigenvalue weighted by atomic mass is 16.5. The molecule has 2 aromatic carbocycles. The molecule has 1 N–H and O–H groups in total. The largest absolute Gasteiger partial charge is 0.508 e. The minimum atomic E-state index is 0.267. The number of hydrogen-bond donors (Lipinski definition) is 1. The first kappa shape index (κ1) is 13.4. The molecule has 0 aromatic heterocycles. The molecule has 2 aliphatic heterocycles. The fourth-order valence-electron chi connectivity index (χ4n) is 3.40. The van der Waals surface area contributed by atoms with Gasteiger partial charge in [-0.15, -0.1) is 0 Å². The molecule has 22 heavy (non-hydrogen) atoms. The van der Waals surface area contributed by atoms with Crippen molar-refractivity contribution in [3.05, 3.63) is 65.7 Å². The first-order chi connectivity index (χ1) is 10.8. The topological polar surface area (TPSA) is 32.7 Å². The number of phenolic OH excluding ortho intramolecular Hbond substituents is 1. The first-order valence-corrected chi connectivity index (χ1v) is 7.75. The molecule has 0 spiro atoms. The zero-order chi connectivity index (χ0) is 14.9. The van der Waals surface area contributed by atoms with Gasteiger partial charge in [0.05, 0.1) is 6.04 Å². The highest BCUT2D eigenvalue weighted by Gasteiger charge is 2.32. The van der Waals surface area contributed by atoms with Crippen LogP contribution in [0.15, 0.2) is 54.6 Å². The van der Waals surface area contributed by atoms with Crippen molar-refractivity contribution in [3.63, 3.8) is 0 Å². The van der Waals surface area contributed by atoms with Crippen molar-refractivity contribution < 1.29 is 9.84 Å². The minimum Gasteiger partial charge on any atom is -0.508 e. The van der Waals surface area contributed by atoms with Crippen LogP contribution in [0.3, 0.4) is 0 Å². The van der Waals surface area contributed by atoms with Gasteiger partial charge in [0, 0.05) is 18.7 Å². The molecule has 3 nitrogen and oxygen atoms in total. The lowest BCUT2D eigenvalue weighted by atomic mass is 9.90. The van der Waals surface area contributed by atoms with Crippen molar-refractivity contribution >= 4 is 5.57 Å². The van der Waals surface area contributed by atoms with Gasteiger partial charge in [0.15, 0.2) is 0 Å². The first-order valence-electron chi connectivity index (χ1n) is 7.75. The molecular formula is C19H19NO2. The molecule has 2 aliphatic rings. The molecule has 2 heterocycles. The van der Waals surface area contributed by atoms with Crippen molar-refractivity contribution in [2.24, 2.45) is 0 Å². The van der Waals surface area contributed by atoms with Crippen molar-refractivity contribution in [1.82, 2.24) is 4.90 Å². The molecule has 1 atom stereocenters. The quantitative estimate of drug-likeness (QED) is 0.920. The molecule has 112 valence electrons. The molecule has 2 aromatic rings. The van der Waals surface area contributed by atoms with Crippen LogP contribution < -0.4 is 4.74 Å². The van der Waals surface area contributed by atoms with E-state index in [2.05, 4.69) is 35.2 Å². The fraction of sp³-hybridized carbons (Fsp3) is 0.263. The normalized spacial score (nSPS) is 20.5. The van der Waals surface area contributed by atoms with E-state index in [0.717, 1.165) is 30.8 Å². The van der Waals surface area contributed by atoms with Crippen molar-refractivity contribution in [1.29, 1.82) is 0 Å². The molecule has 3 heteroatoms. The fourth-order valence-corrected chi connectivity index (χ4v) is 3.40. The number of benzene rings is 2. The summed E-state index contributed by atoms with van der Waals surface area (Å²) in [6.45, 7) is 2.65. The lowest BCUT2D eigenvalue weighted by Gasteiger charge is -2.39. The number of nitrogens with zero attached hydrogens (tertiary/aromatic N) is 1. The average molecular weight is 293 g/mol. The Hall–Kier alpha value is -2.26.